The summed E-state index contributed by atoms with van der Waals surface area (Å²) in [7, 11) is 0. The second-order valence-corrected chi connectivity index (χ2v) is 5.26. The first-order valence-electron chi connectivity index (χ1n) is 6.37. The maximum absolute atomic E-state index is 5.79. The molecular weight excluding hydrogens is 232 g/mol. The molecule has 0 aliphatic carbocycles. The van der Waals surface area contributed by atoms with Crippen LogP contribution in [0.2, 0.25) is 0 Å². The fraction of sp³-hybridized carbons (Fsp3) is 0.714. The van der Waals surface area contributed by atoms with Gasteiger partial charge in [-0.05, 0) is 20.8 Å². The predicted molar refractivity (Wildman–Crippen MR) is 68.1 cm³/mol. The molecule has 0 bridgehead atoms. The molecule has 0 spiro atoms. The maximum Gasteiger partial charge on any atom is 0.169 e. The van der Waals surface area contributed by atoms with E-state index in [-0.39, 0.29) is 12.2 Å². The van der Waals surface area contributed by atoms with Crippen molar-refractivity contribution in [3.63, 3.8) is 0 Å². The molecule has 2 fully saturated rings. The van der Waals surface area contributed by atoms with E-state index < -0.39 is 11.6 Å². The lowest BCUT2D eigenvalue weighted by molar-refractivity contribution is -0.140. The summed E-state index contributed by atoms with van der Waals surface area (Å²) < 4.78 is 22.6. The van der Waals surface area contributed by atoms with E-state index in [1.165, 1.54) is 0 Å². The van der Waals surface area contributed by atoms with Crippen LogP contribution in [-0.2, 0) is 18.9 Å². The molecule has 2 aliphatic rings. The Labute approximate surface area is 109 Å². The molecule has 0 aromatic rings. The number of ether oxygens (including phenoxy) is 4. The van der Waals surface area contributed by atoms with Crippen molar-refractivity contribution in [2.75, 3.05) is 13.2 Å². The Hall–Kier alpha value is -0.680. The average Bonchev–Trinajstić information content (AvgIpc) is 2.83. The van der Waals surface area contributed by atoms with Gasteiger partial charge in [-0.2, -0.15) is 0 Å². The van der Waals surface area contributed by atoms with Crippen LogP contribution < -0.4 is 0 Å². The fourth-order valence-electron chi connectivity index (χ4n) is 2.24. The highest BCUT2D eigenvalue weighted by Crippen LogP contribution is 2.30. The Balaban J connectivity index is 1.90. The lowest BCUT2D eigenvalue weighted by atomic mass is 10.1. The monoisotopic (exact) mass is 254 g/mol. The van der Waals surface area contributed by atoms with Gasteiger partial charge in [-0.15, -0.1) is 6.58 Å². The quantitative estimate of drug-likeness (QED) is 0.722. The van der Waals surface area contributed by atoms with Crippen molar-refractivity contribution in [1.29, 1.82) is 0 Å². The molecule has 102 valence electrons. The van der Waals surface area contributed by atoms with E-state index in [0.29, 0.717) is 19.6 Å². The third kappa shape index (κ3) is 3.20. The second kappa shape index (κ2) is 5.13. The molecule has 0 unspecified atom stereocenters. The molecule has 2 aliphatic heterocycles. The van der Waals surface area contributed by atoms with Gasteiger partial charge in [0, 0.05) is 6.42 Å². The minimum absolute atomic E-state index is 0.0949. The first-order chi connectivity index (χ1) is 8.44. The van der Waals surface area contributed by atoms with Crippen LogP contribution in [0.25, 0.3) is 0 Å². The minimum atomic E-state index is -0.557. The van der Waals surface area contributed by atoms with Crippen molar-refractivity contribution in [3.8, 4) is 0 Å². The van der Waals surface area contributed by atoms with E-state index in [2.05, 4.69) is 6.58 Å². The van der Waals surface area contributed by atoms with Crippen molar-refractivity contribution in [2.24, 2.45) is 0 Å². The summed E-state index contributed by atoms with van der Waals surface area (Å²) >= 11 is 0. The van der Waals surface area contributed by atoms with Crippen LogP contribution >= 0.6 is 0 Å². The highest BCUT2D eigenvalue weighted by Gasteiger charge is 2.38. The third-order valence-electron chi connectivity index (χ3n) is 3.11. The summed E-state index contributed by atoms with van der Waals surface area (Å²) in [6.07, 6.45) is 6.30. The summed E-state index contributed by atoms with van der Waals surface area (Å²) in [5, 5.41) is 0. The zero-order valence-corrected chi connectivity index (χ0v) is 11.3. The van der Waals surface area contributed by atoms with Gasteiger partial charge in [0.1, 0.15) is 12.2 Å². The minimum Gasteiger partial charge on any atom is -0.348 e. The van der Waals surface area contributed by atoms with Gasteiger partial charge in [-0.1, -0.05) is 18.2 Å². The van der Waals surface area contributed by atoms with Gasteiger partial charge in [0.2, 0.25) is 0 Å². The number of hydrogen-bond acceptors (Lipinski definition) is 4. The van der Waals surface area contributed by atoms with Gasteiger partial charge in [0.05, 0.1) is 13.2 Å². The lowest BCUT2D eigenvalue weighted by Crippen LogP contribution is -2.24. The highest BCUT2D eigenvalue weighted by atomic mass is 16.8. The van der Waals surface area contributed by atoms with E-state index in [0.717, 1.165) is 0 Å². The highest BCUT2D eigenvalue weighted by molar-refractivity contribution is 5.04. The zero-order chi connectivity index (χ0) is 13.2. The van der Waals surface area contributed by atoms with Gasteiger partial charge in [0.25, 0.3) is 0 Å². The van der Waals surface area contributed by atoms with Crippen molar-refractivity contribution in [2.45, 2.75) is 51.0 Å². The van der Waals surface area contributed by atoms with E-state index >= 15 is 0 Å². The van der Waals surface area contributed by atoms with Crippen LogP contribution in [0.15, 0.2) is 24.8 Å². The Morgan fingerprint density at radius 1 is 1.11 bits per heavy atom. The molecule has 0 radical (unpaired) electrons. The molecule has 0 aromatic carbocycles. The summed E-state index contributed by atoms with van der Waals surface area (Å²) in [5.41, 5.74) is 0. The molecule has 2 saturated heterocycles. The first-order valence-corrected chi connectivity index (χ1v) is 6.37. The van der Waals surface area contributed by atoms with E-state index in [1.54, 1.807) is 6.08 Å². The Bertz CT molecular complexity index is 329. The molecule has 4 nitrogen and oxygen atoms in total. The van der Waals surface area contributed by atoms with Crippen LogP contribution in [0.4, 0.5) is 0 Å². The molecule has 0 aromatic heterocycles. The van der Waals surface area contributed by atoms with E-state index in [1.807, 2.05) is 32.9 Å². The number of hydrogen-bond donors (Lipinski definition) is 0. The van der Waals surface area contributed by atoms with E-state index in [4.69, 9.17) is 18.9 Å². The molecule has 0 N–H and O–H groups in total. The molecule has 2 atom stereocenters. The lowest BCUT2D eigenvalue weighted by Gasteiger charge is -2.20. The third-order valence-corrected chi connectivity index (χ3v) is 3.11. The normalized spacial score (nSPS) is 34.2. The largest absolute Gasteiger partial charge is 0.348 e. The summed E-state index contributed by atoms with van der Waals surface area (Å²) in [4.78, 5) is 0. The van der Waals surface area contributed by atoms with Crippen LogP contribution in [0.1, 0.15) is 27.2 Å². The molecule has 0 amide bonds. The Kier molecular flexibility index (Phi) is 3.92. The van der Waals surface area contributed by atoms with Crippen LogP contribution in [-0.4, -0.2) is 37.0 Å². The SMILES string of the molecule is C=C[C@H]1OC(C)(C)O[C@H]1/C=C\CC1(C)OCCO1. The van der Waals surface area contributed by atoms with Gasteiger partial charge in [-0.25, -0.2) is 0 Å². The van der Waals surface area contributed by atoms with Crippen molar-refractivity contribution < 1.29 is 18.9 Å². The Morgan fingerprint density at radius 3 is 2.33 bits per heavy atom. The summed E-state index contributed by atoms with van der Waals surface area (Å²) in [6, 6.07) is 0. The summed E-state index contributed by atoms with van der Waals surface area (Å²) in [5.74, 6) is -1.05. The van der Waals surface area contributed by atoms with Crippen LogP contribution in [0, 0.1) is 0 Å². The van der Waals surface area contributed by atoms with Crippen LogP contribution in [0.3, 0.4) is 0 Å². The average molecular weight is 254 g/mol. The van der Waals surface area contributed by atoms with Crippen molar-refractivity contribution in [1.82, 2.24) is 0 Å². The second-order valence-electron chi connectivity index (χ2n) is 5.26. The first kappa shape index (κ1) is 13.7. The standard InChI is InChI=1S/C14H22O4/c1-5-11-12(18-13(2,3)17-11)7-6-8-14(4)15-9-10-16-14/h5-7,11-12H,1,8-10H2,2-4H3/b7-6-/t11-,12+/m1/s1. The summed E-state index contributed by atoms with van der Waals surface area (Å²) in [6.45, 7) is 10.9. The van der Waals surface area contributed by atoms with Crippen molar-refractivity contribution in [3.05, 3.63) is 24.8 Å². The molecule has 2 rings (SSSR count). The van der Waals surface area contributed by atoms with Crippen LogP contribution in [0.5, 0.6) is 0 Å². The fourth-order valence-corrected chi connectivity index (χ4v) is 2.24. The molecule has 4 heteroatoms. The molecule has 2 heterocycles. The van der Waals surface area contributed by atoms with E-state index in [9.17, 15) is 0 Å². The number of rotatable bonds is 4. The van der Waals surface area contributed by atoms with Gasteiger partial charge < -0.3 is 18.9 Å². The topological polar surface area (TPSA) is 36.9 Å². The smallest absolute Gasteiger partial charge is 0.169 e. The van der Waals surface area contributed by atoms with Gasteiger partial charge in [-0.3, -0.25) is 0 Å². The predicted octanol–water partition coefficient (Wildman–Crippen LogP) is 2.40. The van der Waals surface area contributed by atoms with Gasteiger partial charge in [0.15, 0.2) is 11.6 Å². The molecular formula is C14H22O4. The zero-order valence-electron chi connectivity index (χ0n) is 11.3. The van der Waals surface area contributed by atoms with Gasteiger partial charge >= 0.3 is 0 Å². The van der Waals surface area contributed by atoms with Crippen molar-refractivity contribution >= 4 is 0 Å². The molecule has 0 saturated carbocycles. The Morgan fingerprint density at radius 2 is 1.72 bits per heavy atom. The molecule has 18 heavy (non-hydrogen) atoms. The maximum atomic E-state index is 5.79.